The van der Waals surface area contributed by atoms with Gasteiger partial charge < -0.3 is 14.6 Å². The summed E-state index contributed by atoms with van der Waals surface area (Å²) in [7, 11) is 1.64. The molecule has 1 aromatic carbocycles. The molecule has 0 unspecified atom stereocenters. The second-order valence-corrected chi connectivity index (χ2v) is 5.69. The monoisotopic (exact) mass is 302 g/mol. The van der Waals surface area contributed by atoms with E-state index >= 15 is 0 Å². The van der Waals surface area contributed by atoms with Crippen LogP contribution in [0, 0.1) is 5.41 Å². The van der Waals surface area contributed by atoms with E-state index in [2.05, 4.69) is 15.9 Å². The Labute approximate surface area is 111 Å². The molecule has 0 aliphatic heterocycles. The van der Waals surface area contributed by atoms with Gasteiger partial charge in [-0.3, -0.25) is 0 Å². The van der Waals surface area contributed by atoms with Gasteiger partial charge in [0.2, 0.25) is 0 Å². The van der Waals surface area contributed by atoms with Crippen LogP contribution in [0.4, 0.5) is 0 Å². The average molecular weight is 303 g/mol. The van der Waals surface area contributed by atoms with Crippen molar-refractivity contribution in [3.63, 3.8) is 0 Å². The SMILES string of the molecule is COc1ccc(Br)cc1COCC(C)(C)CO. The predicted molar refractivity (Wildman–Crippen MR) is 71.2 cm³/mol. The Morgan fingerprint density at radius 2 is 2.06 bits per heavy atom. The van der Waals surface area contributed by atoms with Gasteiger partial charge in [0.05, 0.1) is 26.9 Å². The molecule has 1 rings (SSSR count). The van der Waals surface area contributed by atoms with Crippen LogP contribution in [-0.2, 0) is 11.3 Å². The van der Waals surface area contributed by atoms with Gasteiger partial charge in [0.15, 0.2) is 0 Å². The summed E-state index contributed by atoms with van der Waals surface area (Å²) >= 11 is 3.42. The van der Waals surface area contributed by atoms with E-state index in [1.165, 1.54) is 0 Å². The molecule has 1 N–H and O–H groups in total. The van der Waals surface area contributed by atoms with E-state index < -0.39 is 0 Å². The van der Waals surface area contributed by atoms with Crippen LogP contribution in [0.5, 0.6) is 5.75 Å². The van der Waals surface area contributed by atoms with Gasteiger partial charge in [-0.25, -0.2) is 0 Å². The lowest BCUT2D eigenvalue weighted by Gasteiger charge is -2.21. The van der Waals surface area contributed by atoms with Crippen molar-refractivity contribution in [3.05, 3.63) is 28.2 Å². The van der Waals surface area contributed by atoms with Crippen LogP contribution in [0.3, 0.4) is 0 Å². The van der Waals surface area contributed by atoms with Crippen LogP contribution in [-0.4, -0.2) is 25.4 Å². The minimum Gasteiger partial charge on any atom is -0.496 e. The van der Waals surface area contributed by atoms with Gasteiger partial charge in [-0.05, 0) is 18.2 Å². The third-order valence-electron chi connectivity index (χ3n) is 2.42. The lowest BCUT2D eigenvalue weighted by atomic mass is 9.97. The molecule has 0 radical (unpaired) electrons. The normalized spacial score (nSPS) is 11.6. The van der Waals surface area contributed by atoms with Crippen LogP contribution in [0.25, 0.3) is 0 Å². The zero-order valence-corrected chi connectivity index (χ0v) is 12.1. The standard InChI is InChI=1S/C13H19BrO3/c1-13(2,8-15)9-17-7-10-6-11(14)4-5-12(10)16-3/h4-6,15H,7-9H2,1-3H3. The molecule has 0 saturated carbocycles. The first-order valence-electron chi connectivity index (χ1n) is 5.49. The minimum atomic E-state index is -0.209. The Kier molecular flexibility index (Phi) is 5.43. The Hall–Kier alpha value is -0.580. The molecule has 4 heteroatoms. The fourth-order valence-corrected chi connectivity index (χ4v) is 1.75. The maximum Gasteiger partial charge on any atom is 0.124 e. The van der Waals surface area contributed by atoms with Crippen molar-refractivity contribution in [1.82, 2.24) is 0 Å². The molecular weight excluding hydrogens is 284 g/mol. The molecule has 0 saturated heterocycles. The maximum atomic E-state index is 9.12. The fraction of sp³-hybridized carbons (Fsp3) is 0.538. The number of aliphatic hydroxyl groups excluding tert-OH is 1. The Bertz CT molecular complexity index is 364. The van der Waals surface area contributed by atoms with Crippen molar-refractivity contribution >= 4 is 15.9 Å². The van der Waals surface area contributed by atoms with Crippen LogP contribution in [0.15, 0.2) is 22.7 Å². The fourth-order valence-electron chi connectivity index (χ4n) is 1.34. The quantitative estimate of drug-likeness (QED) is 0.878. The number of ether oxygens (including phenoxy) is 2. The number of benzene rings is 1. The molecule has 1 aromatic rings. The molecule has 0 aliphatic carbocycles. The zero-order chi connectivity index (χ0) is 12.9. The van der Waals surface area contributed by atoms with Crippen LogP contribution in [0.2, 0.25) is 0 Å². The van der Waals surface area contributed by atoms with Crippen molar-refractivity contribution in [2.45, 2.75) is 20.5 Å². The summed E-state index contributed by atoms with van der Waals surface area (Å²) < 4.78 is 11.9. The molecule has 0 heterocycles. The van der Waals surface area contributed by atoms with Crippen molar-refractivity contribution in [1.29, 1.82) is 0 Å². The Balaban J connectivity index is 2.59. The third kappa shape index (κ3) is 4.66. The number of aliphatic hydroxyl groups is 1. The molecule has 17 heavy (non-hydrogen) atoms. The molecule has 0 aliphatic rings. The highest BCUT2D eigenvalue weighted by Crippen LogP contribution is 2.24. The Morgan fingerprint density at radius 1 is 1.35 bits per heavy atom. The van der Waals surface area contributed by atoms with E-state index in [0.29, 0.717) is 13.2 Å². The smallest absolute Gasteiger partial charge is 0.124 e. The summed E-state index contributed by atoms with van der Waals surface area (Å²) in [6.45, 7) is 5.03. The van der Waals surface area contributed by atoms with Gasteiger partial charge >= 0.3 is 0 Å². The van der Waals surface area contributed by atoms with Gasteiger partial charge in [-0.2, -0.15) is 0 Å². The van der Waals surface area contributed by atoms with Gasteiger partial charge in [-0.15, -0.1) is 0 Å². The van der Waals surface area contributed by atoms with E-state index in [-0.39, 0.29) is 12.0 Å². The number of halogens is 1. The van der Waals surface area contributed by atoms with Crippen LogP contribution >= 0.6 is 15.9 Å². The first kappa shape index (κ1) is 14.5. The molecule has 96 valence electrons. The number of rotatable bonds is 6. The summed E-state index contributed by atoms with van der Waals surface area (Å²) in [4.78, 5) is 0. The Morgan fingerprint density at radius 3 is 2.65 bits per heavy atom. The summed E-state index contributed by atoms with van der Waals surface area (Å²) in [5.74, 6) is 0.815. The number of hydrogen-bond donors (Lipinski definition) is 1. The topological polar surface area (TPSA) is 38.7 Å². The van der Waals surface area contributed by atoms with Crippen molar-refractivity contribution in [3.8, 4) is 5.75 Å². The van der Waals surface area contributed by atoms with Crippen molar-refractivity contribution in [2.24, 2.45) is 5.41 Å². The number of hydrogen-bond acceptors (Lipinski definition) is 3. The molecule has 0 spiro atoms. The van der Waals surface area contributed by atoms with Crippen LogP contribution < -0.4 is 4.74 Å². The minimum absolute atomic E-state index is 0.114. The van der Waals surface area contributed by atoms with Gasteiger partial charge in [0.25, 0.3) is 0 Å². The highest BCUT2D eigenvalue weighted by molar-refractivity contribution is 9.10. The molecular formula is C13H19BrO3. The van der Waals surface area contributed by atoms with Crippen molar-refractivity contribution < 1.29 is 14.6 Å². The molecule has 0 aromatic heterocycles. The third-order valence-corrected chi connectivity index (χ3v) is 2.91. The lowest BCUT2D eigenvalue weighted by molar-refractivity contribution is 0.0191. The van der Waals surface area contributed by atoms with E-state index in [1.807, 2.05) is 32.0 Å². The lowest BCUT2D eigenvalue weighted by Crippen LogP contribution is -2.23. The second-order valence-electron chi connectivity index (χ2n) is 4.77. The molecule has 0 atom stereocenters. The molecule has 0 amide bonds. The zero-order valence-electron chi connectivity index (χ0n) is 10.5. The summed E-state index contributed by atoms with van der Waals surface area (Å²) in [6.07, 6.45) is 0. The predicted octanol–water partition coefficient (Wildman–Crippen LogP) is 2.99. The average Bonchev–Trinajstić information content (AvgIpc) is 2.29. The maximum absolute atomic E-state index is 9.12. The highest BCUT2D eigenvalue weighted by atomic mass is 79.9. The molecule has 0 bridgehead atoms. The summed E-state index contributed by atoms with van der Waals surface area (Å²) in [5.41, 5.74) is 0.787. The molecule has 3 nitrogen and oxygen atoms in total. The van der Waals surface area contributed by atoms with Crippen molar-refractivity contribution in [2.75, 3.05) is 20.3 Å². The van der Waals surface area contributed by atoms with Gasteiger partial charge in [0, 0.05) is 15.5 Å². The first-order valence-corrected chi connectivity index (χ1v) is 6.29. The highest BCUT2D eigenvalue weighted by Gasteiger charge is 2.16. The van der Waals surface area contributed by atoms with E-state index in [1.54, 1.807) is 7.11 Å². The number of methoxy groups -OCH3 is 1. The largest absolute Gasteiger partial charge is 0.496 e. The summed E-state index contributed by atoms with van der Waals surface area (Å²) in [5, 5.41) is 9.12. The van der Waals surface area contributed by atoms with E-state index in [0.717, 1.165) is 15.8 Å². The second kappa shape index (κ2) is 6.38. The summed E-state index contributed by atoms with van der Waals surface area (Å²) in [6, 6.07) is 5.81. The van der Waals surface area contributed by atoms with Gasteiger partial charge in [-0.1, -0.05) is 29.8 Å². The van der Waals surface area contributed by atoms with E-state index in [9.17, 15) is 0 Å². The van der Waals surface area contributed by atoms with E-state index in [4.69, 9.17) is 14.6 Å². The van der Waals surface area contributed by atoms with Gasteiger partial charge in [0.1, 0.15) is 5.75 Å². The van der Waals surface area contributed by atoms with Crippen LogP contribution in [0.1, 0.15) is 19.4 Å². The molecule has 0 fully saturated rings. The first-order chi connectivity index (χ1) is 7.98.